The van der Waals surface area contributed by atoms with E-state index in [-0.39, 0.29) is 25.7 Å². The Labute approximate surface area is 595 Å². The number of hydrogen-bond acceptors (Lipinski definition) is 15. The van der Waals surface area contributed by atoms with E-state index in [1.165, 1.54) is 51.4 Å². The molecule has 0 aliphatic rings. The molecule has 0 spiro atoms. The SMILES string of the molecule is CC/C=C\C/C=C\C/C=C\CCCCCCCCCC(=O)OCC(COP(=O)(O)OCC(O)COP(=O)(O)OCC(COC(=O)CCCCCCC/C=C\CCCCCCCC)OC(=O)CCCCCCC/C=C\CCCC)OC(=O)CCCCCCC/C=C\C/C=C\C/C=C\CC. The summed E-state index contributed by atoms with van der Waals surface area (Å²) >= 11 is 0. The Morgan fingerprint density at radius 1 is 0.296 bits per heavy atom. The van der Waals surface area contributed by atoms with E-state index in [2.05, 4.69) is 125 Å². The van der Waals surface area contributed by atoms with Gasteiger partial charge in [0, 0.05) is 25.7 Å². The summed E-state index contributed by atoms with van der Waals surface area (Å²) in [5.74, 6) is -2.21. The van der Waals surface area contributed by atoms with Crippen LogP contribution in [-0.2, 0) is 65.4 Å². The molecule has 0 amide bonds. The monoisotopic (exact) mass is 1420 g/mol. The molecule has 0 aliphatic heterocycles. The van der Waals surface area contributed by atoms with Gasteiger partial charge in [-0.25, -0.2) is 9.13 Å². The van der Waals surface area contributed by atoms with Crippen molar-refractivity contribution < 1.29 is 80.2 Å². The normalized spacial score (nSPS) is 14.5. The molecule has 0 aromatic rings. The average Bonchev–Trinajstić information content (AvgIpc) is 0.986. The second-order valence-electron chi connectivity index (χ2n) is 25.5. The molecule has 17 nitrogen and oxygen atoms in total. The van der Waals surface area contributed by atoms with E-state index >= 15 is 0 Å². The highest BCUT2D eigenvalue weighted by Gasteiger charge is 2.30. The van der Waals surface area contributed by atoms with Gasteiger partial charge in [-0.3, -0.25) is 37.3 Å². The number of carbonyl (C=O) groups is 4. The molecule has 0 aliphatic carbocycles. The topological polar surface area (TPSA) is 237 Å². The van der Waals surface area contributed by atoms with Crippen LogP contribution in [0.15, 0.2) is 97.2 Å². The Hall–Kier alpha value is -4.02. The highest BCUT2D eigenvalue weighted by Crippen LogP contribution is 2.45. The number of allylic oxidation sites excluding steroid dienone is 16. The van der Waals surface area contributed by atoms with E-state index in [1.807, 2.05) is 0 Å². The first kappa shape index (κ1) is 94.0. The van der Waals surface area contributed by atoms with Crippen LogP contribution in [0.5, 0.6) is 0 Å². The second-order valence-corrected chi connectivity index (χ2v) is 28.4. The predicted octanol–water partition coefficient (Wildman–Crippen LogP) is 22.0. The standard InChI is InChI=1S/C79H138O17P2/c1-5-9-13-17-21-25-29-32-35-36-39-41-45-48-52-56-60-64-77(82)90-70-75(96-79(84)66-62-58-54-50-46-42-38-34-31-27-23-19-15-11-7-3)72-94-98(87,88)92-68-73(80)67-91-97(85,86)93-71-74(95-78(83)65-61-57-53-49-43-28-24-20-16-12-8-4)69-89-76(81)63-59-55-51-47-44-40-37-33-30-26-22-18-14-10-6-2/h9,11,13,15,20-21,23-25,27,32-35,37-38,73-75,80H,5-8,10,12,14,16-19,22,26,28-31,36,39-72H2,1-4H3,(H,85,86)(H,87,88)/b13-9-,15-11-,24-20-,25-21-,27-23-,35-32-,37-33-,38-34-. The molecule has 0 heterocycles. The van der Waals surface area contributed by atoms with Crippen molar-refractivity contribution in [3.05, 3.63) is 97.2 Å². The molecule has 566 valence electrons. The third-order valence-corrected chi connectivity index (χ3v) is 17.9. The average molecular weight is 1420 g/mol. The number of aliphatic hydroxyl groups excluding tert-OH is 1. The maximum atomic E-state index is 13.1. The van der Waals surface area contributed by atoms with Crippen LogP contribution in [-0.4, -0.2) is 96.7 Å². The van der Waals surface area contributed by atoms with Crippen LogP contribution in [0.25, 0.3) is 0 Å². The first-order valence-electron chi connectivity index (χ1n) is 38.5. The Kier molecular flexibility index (Phi) is 68.4. The van der Waals surface area contributed by atoms with E-state index in [0.717, 1.165) is 193 Å². The number of phosphoric acid groups is 2. The first-order chi connectivity index (χ1) is 47.7. The van der Waals surface area contributed by atoms with Crippen LogP contribution in [0.1, 0.15) is 323 Å². The molecule has 0 saturated heterocycles. The van der Waals surface area contributed by atoms with Crippen molar-refractivity contribution in [1.29, 1.82) is 0 Å². The van der Waals surface area contributed by atoms with Crippen molar-refractivity contribution in [2.24, 2.45) is 0 Å². The van der Waals surface area contributed by atoms with Crippen molar-refractivity contribution in [2.45, 2.75) is 341 Å². The Morgan fingerprint density at radius 3 is 0.857 bits per heavy atom. The van der Waals surface area contributed by atoms with Crippen molar-refractivity contribution in [3.63, 3.8) is 0 Å². The van der Waals surface area contributed by atoms with E-state index in [0.29, 0.717) is 25.7 Å². The van der Waals surface area contributed by atoms with Gasteiger partial charge in [-0.05, 0) is 135 Å². The maximum Gasteiger partial charge on any atom is 0.472 e. The molecule has 0 aromatic carbocycles. The summed E-state index contributed by atoms with van der Waals surface area (Å²) in [6, 6.07) is 0. The Bertz CT molecular complexity index is 2240. The molecule has 0 aromatic heterocycles. The molecule has 0 radical (unpaired) electrons. The van der Waals surface area contributed by atoms with E-state index in [9.17, 15) is 43.2 Å². The number of unbranched alkanes of at least 4 members (excludes halogenated alkanes) is 30. The Morgan fingerprint density at radius 2 is 0.541 bits per heavy atom. The molecule has 0 bridgehead atoms. The van der Waals surface area contributed by atoms with E-state index in [4.69, 9.17) is 37.0 Å². The summed E-state index contributed by atoms with van der Waals surface area (Å²) < 4.78 is 68.4. The number of aliphatic hydroxyl groups is 1. The number of phosphoric ester groups is 2. The summed E-state index contributed by atoms with van der Waals surface area (Å²) in [6.07, 6.45) is 74.0. The molecule has 19 heteroatoms. The van der Waals surface area contributed by atoms with Gasteiger partial charge >= 0.3 is 39.5 Å². The van der Waals surface area contributed by atoms with Crippen molar-refractivity contribution in [1.82, 2.24) is 0 Å². The highest BCUT2D eigenvalue weighted by atomic mass is 31.2. The number of carbonyl (C=O) groups excluding carboxylic acids is 4. The van der Waals surface area contributed by atoms with E-state index < -0.39 is 97.5 Å². The van der Waals surface area contributed by atoms with Gasteiger partial charge in [-0.2, -0.15) is 0 Å². The van der Waals surface area contributed by atoms with E-state index in [1.54, 1.807) is 0 Å². The fourth-order valence-electron chi connectivity index (χ4n) is 10.2. The minimum atomic E-state index is -4.98. The van der Waals surface area contributed by atoms with Crippen LogP contribution >= 0.6 is 15.6 Å². The lowest BCUT2D eigenvalue weighted by Gasteiger charge is -2.21. The molecule has 0 rings (SSSR count). The molecule has 5 atom stereocenters. The predicted molar refractivity (Wildman–Crippen MR) is 399 cm³/mol. The van der Waals surface area contributed by atoms with Crippen molar-refractivity contribution in [3.8, 4) is 0 Å². The minimum absolute atomic E-state index is 0.0727. The number of rotatable bonds is 72. The van der Waals surface area contributed by atoms with Crippen LogP contribution in [0.4, 0.5) is 0 Å². The largest absolute Gasteiger partial charge is 0.472 e. The van der Waals surface area contributed by atoms with Crippen molar-refractivity contribution >= 4 is 39.5 Å². The van der Waals surface area contributed by atoms with Gasteiger partial charge in [0.05, 0.1) is 26.4 Å². The smallest absolute Gasteiger partial charge is 0.462 e. The fourth-order valence-corrected chi connectivity index (χ4v) is 11.7. The zero-order chi connectivity index (χ0) is 71.8. The zero-order valence-corrected chi connectivity index (χ0v) is 63.5. The summed E-state index contributed by atoms with van der Waals surface area (Å²) in [7, 11) is -9.95. The van der Waals surface area contributed by atoms with Crippen LogP contribution in [0.2, 0.25) is 0 Å². The quantitative estimate of drug-likeness (QED) is 0.0169. The van der Waals surface area contributed by atoms with Gasteiger partial charge in [-0.15, -0.1) is 0 Å². The summed E-state index contributed by atoms with van der Waals surface area (Å²) in [5, 5.41) is 10.6. The summed E-state index contributed by atoms with van der Waals surface area (Å²) in [6.45, 7) is 4.58. The van der Waals surface area contributed by atoms with Gasteiger partial charge in [0.2, 0.25) is 0 Å². The van der Waals surface area contributed by atoms with Crippen LogP contribution in [0, 0.1) is 0 Å². The third-order valence-electron chi connectivity index (χ3n) is 16.0. The van der Waals surface area contributed by atoms with Gasteiger partial charge in [-0.1, -0.05) is 260 Å². The van der Waals surface area contributed by atoms with Gasteiger partial charge in [0.1, 0.15) is 19.3 Å². The molecule has 98 heavy (non-hydrogen) atoms. The zero-order valence-electron chi connectivity index (χ0n) is 61.7. The third kappa shape index (κ3) is 70.4. The number of ether oxygens (including phenoxy) is 4. The second kappa shape index (κ2) is 71.4. The molecule has 3 N–H and O–H groups in total. The lowest BCUT2D eigenvalue weighted by molar-refractivity contribution is -0.161. The summed E-state index contributed by atoms with van der Waals surface area (Å²) in [5.41, 5.74) is 0. The number of esters is 4. The Balaban J connectivity index is 5.34. The number of hydrogen-bond donors (Lipinski definition) is 3. The van der Waals surface area contributed by atoms with Crippen LogP contribution < -0.4 is 0 Å². The van der Waals surface area contributed by atoms with Gasteiger partial charge < -0.3 is 33.8 Å². The minimum Gasteiger partial charge on any atom is -0.462 e. The van der Waals surface area contributed by atoms with Crippen LogP contribution in [0.3, 0.4) is 0 Å². The molecular weight excluding hydrogens is 1280 g/mol. The fraction of sp³-hybridized carbons (Fsp3) is 0.747. The lowest BCUT2D eigenvalue weighted by atomic mass is 10.1. The molecular formula is C79H138O17P2. The molecule has 0 saturated carbocycles. The molecule has 5 unspecified atom stereocenters. The molecule has 0 fully saturated rings. The van der Waals surface area contributed by atoms with Crippen molar-refractivity contribution in [2.75, 3.05) is 39.6 Å². The first-order valence-corrected chi connectivity index (χ1v) is 41.5. The maximum absolute atomic E-state index is 13.1. The lowest BCUT2D eigenvalue weighted by Crippen LogP contribution is -2.30. The van der Waals surface area contributed by atoms with Gasteiger partial charge in [0.15, 0.2) is 12.2 Å². The van der Waals surface area contributed by atoms with Gasteiger partial charge in [0.25, 0.3) is 0 Å². The highest BCUT2D eigenvalue weighted by molar-refractivity contribution is 7.47. The summed E-state index contributed by atoms with van der Waals surface area (Å²) in [4.78, 5) is 72.8.